The number of carbonyl (C=O) groups is 1. The molecule has 8 nitrogen and oxygen atoms in total. The molecule has 0 spiro atoms. The van der Waals surface area contributed by atoms with Crippen LogP contribution in [0.3, 0.4) is 0 Å². The van der Waals surface area contributed by atoms with Gasteiger partial charge in [-0.05, 0) is 31.4 Å². The summed E-state index contributed by atoms with van der Waals surface area (Å²) in [5.74, 6) is 2.04. The minimum Gasteiger partial charge on any atom is -0.355 e. The standard InChI is InChI=1S/C16H21N7O/c24-16(12-3-4-14-17-11-19-23(14)10-12)20-13-5-8-22(9-6-13)15-2-1-7-18-21-15/h1-2,7,11-13H,3-6,8-10H2,(H,20,24). The second-order valence-corrected chi connectivity index (χ2v) is 6.45. The van der Waals surface area contributed by atoms with Crippen LogP contribution in [-0.4, -0.2) is 50.0 Å². The van der Waals surface area contributed by atoms with Gasteiger partial charge in [0.2, 0.25) is 5.91 Å². The molecule has 2 aromatic rings. The molecule has 2 aliphatic rings. The van der Waals surface area contributed by atoms with Crippen LogP contribution in [0.4, 0.5) is 5.82 Å². The van der Waals surface area contributed by atoms with Crippen LogP contribution in [0, 0.1) is 5.92 Å². The van der Waals surface area contributed by atoms with Crippen molar-refractivity contribution in [3.8, 4) is 0 Å². The maximum Gasteiger partial charge on any atom is 0.225 e. The Morgan fingerprint density at radius 1 is 1.25 bits per heavy atom. The maximum absolute atomic E-state index is 12.5. The lowest BCUT2D eigenvalue weighted by molar-refractivity contribution is -0.126. The van der Waals surface area contributed by atoms with Crippen LogP contribution in [-0.2, 0) is 17.8 Å². The van der Waals surface area contributed by atoms with Gasteiger partial charge in [-0.15, -0.1) is 5.10 Å². The number of fused-ring (bicyclic) bond motifs is 1. The molecule has 0 aromatic carbocycles. The molecule has 1 amide bonds. The first kappa shape index (κ1) is 15.0. The summed E-state index contributed by atoms with van der Waals surface area (Å²) in [6.07, 6.45) is 6.79. The number of aryl methyl sites for hydroxylation is 1. The predicted molar refractivity (Wildman–Crippen MR) is 87.2 cm³/mol. The van der Waals surface area contributed by atoms with E-state index in [9.17, 15) is 4.79 Å². The molecule has 126 valence electrons. The van der Waals surface area contributed by atoms with Crippen molar-refractivity contribution >= 4 is 11.7 Å². The summed E-state index contributed by atoms with van der Waals surface area (Å²) in [4.78, 5) is 19.0. The maximum atomic E-state index is 12.5. The van der Waals surface area contributed by atoms with Crippen LogP contribution in [0.25, 0.3) is 0 Å². The molecule has 0 saturated carbocycles. The zero-order valence-electron chi connectivity index (χ0n) is 13.5. The van der Waals surface area contributed by atoms with E-state index in [1.807, 2.05) is 16.8 Å². The number of anilines is 1. The lowest BCUT2D eigenvalue weighted by atomic mass is 9.97. The molecule has 0 bridgehead atoms. The topological polar surface area (TPSA) is 88.8 Å². The Kier molecular flexibility index (Phi) is 4.10. The summed E-state index contributed by atoms with van der Waals surface area (Å²) >= 11 is 0. The zero-order valence-corrected chi connectivity index (χ0v) is 13.5. The Morgan fingerprint density at radius 2 is 2.12 bits per heavy atom. The third-order valence-corrected chi connectivity index (χ3v) is 4.90. The van der Waals surface area contributed by atoms with Crippen molar-refractivity contribution in [3.05, 3.63) is 30.5 Å². The second kappa shape index (κ2) is 6.54. The Labute approximate surface area is 140 Å². The number of rotatable bonds is 3. The van der Waals surface area contributed by atoms with Crippen LogP contribution < -0.4 is 10.2 Å². The molecule has 0 aliphatic carbocycles. The van der Waals surface area contributed by atoms with Crippen molar-refractivity contribution in [1.29, 1.82) is 0 Å². The molecule has 1 unspecified atom stereocenters. The highest BCUT2D eigenvalue weighted by atomic mass is 16.2. The van der Waals surface area contributed by atoms with Gasteiger partial charge in [-0.25, -0.2) is 9.67 Å². The van der Waals surface area contributed by atoms with Gasteiger partial charge in [0.15, 0.2) is 5.82 Å². The highest BCUT2D eigenvalue weighted by Crippen LogP contribution is 2.20. The smallest absolute Gasteiger partial charge is 0.225 e. The fourth-order valence-electron chi connectivity index (χ4n) is 3.49. The second-order valence-electron chi connectivity index (χ2n) is 6.45. The van der Waals surface area contributed by atoms with Crippen LogP contribution in [0.15, 0.2) is 24.7 Å². The number of aromatic nitrogens is 5. The van der Waals surface area contributed by atoms with Crippen molar-refractivity contribution < 1.29 is 4.79 Å². The summed E-state index contributed by atoms with van der Waals surface area (Å²) in [5, 5.41) is 15.5. The Balaban J connectivity index is 1.29. The van der Waals surface area contributed by atoms with E-state index in [0.717, 1.165) is 50.4 Å². The number of nitrogens with one attached hydrogen (secondary N) is 1. The first-order valence-corrected chi connectivity index (χ1v) is 8.49. The van der Waals surface area contributed by atoms with E-state index < -0.39 is 0 Å². The minimum absolute atomic E-state index is 0.00257. The quantitative estimate of drug-likeness (QED) is 0.879. The van der Waals surface area contributed by atoms with Crippen molar-refractivity contribution in [2.24, 2.45) is 5.92 Å². The predicted octanol–water partition coefficient (Wildman–Crippen LogP) is 0.416. The number of carbonyl (C=O) groups excluding carboxylic acids is 1. The molecular formula is C16H21N7O. The summed E-state index contributed by atoms with van der Waals surface area (Å²) in [6, 6.07) is 4.11. The lowest BCUT2D eigenvalue weighted by Crippen LogP contribution is -2.47. The van der Waals surface area contributed by atoms with Crippen molar-refractivity contribution in [3.63, 3.8) is 0 Å². The van der Waals surface area contributed by atoms with Gasteiger partial charge < -0.3 is 10.2 Å². The molecule has 24 heavy (non-hydrogen) atoms. The number of nitrogens with zero attached hydrogens (tertiary/aromatic N) is 6. The molecular weight excluding hydrogens is 306 g/mol. The van der Waals surface area contributed by atoms with Gasteiger partial charge in [0, 0.05) is 31.7 Å². The van der Waals surface area contributed by atoms with E-state index in [1.54, 1.807) is 12.5 Å². The Morgan fingerprint density at radius 3 is 2.92 bits per heavy atom. The zero-order chi connectivity index (χ0) is 16.4. The van der Waals surface area contributed by atoms with Crippen LogP contribution in [0.5, 0.6) is 0 Å². The average molecular weight is 327 g/mol. The lowest BCUT2D eigenvalue weighted by Gasteiger charge is -2.33. The van der Waals surface area contributed by atoms with Crippen molar-refractivity contribution in [2.45, 2.75) is 38.3 Å². The van der Waals surface area contributed by atoms with Gasteiger partial charge in [0.1, 0.15) is 12.2 Å². The van der Waals surface area contributed by atoms with Crippen LogP contribution >= 0.6 is 0 Å². The Bertz CT molecular complexity index is 693. The highest BCUT2D eigenvalue weighted by Gasteiger charge is 2.28. The van der Waals surface area contributed by atoms with Gasteiger partial charge in [0.05, 0.1) is 12.5 Å². The monoisotopic (exact) mass is 327 g/mol. The number of amides is 1. The van der Waals surface area contributed by atoms with Gasteiger partial charge in [-0.1, -0.05) is 0 Å². The first-order valence-electron chi connectivity index (χ1n) is 8.49. The molecule has 1 saturated heterocycles. The van der Waals surface area contributed by atoms with Crippen molar-refractivity contribution in [1.82, 2.24) is 30.3 Å². The minimum atomic E-state index is -0.00257. The number of hydrogen-bond donors (Lipinski definition) is 1. The SMILES string of the molecule is O=C(NC1CCN(c2cccnn2)CC1)C1CCc2ncnn2C1. The Hall–Kier alpha value is -2.51. The average Bonchev–Trinajstić information content (AvgIpc) is 3.11. The normalized spacial score (nSPS) is 21.3. The molecule has 1 atom stereocenters. The fraction of sp³-hybridized carbons (Fsp3) is 0.562. The molecule has 8 heteroatoms. The molecule has 4 rings (SSSR count). The molecule has 2 aromatic heterocycles. The number of piperidine rings is 1. The van der Waals surface area contributed by atoms with E-state index in [4.69, 9.17) is 0 Å². The molecule has 1 fully saturated rings. The fourth-order valence-corrected chi connectivity index (χ4v) is 3.49. The molecule has 4 heterocycles. The van der Waals surface area contributed by atoms with Crippen LogP contribution in [0.2, 0.25) is 0 Å². The van der Waals surface area contributed by atoms with E-state index in [2.05, 4.69) is 30.5 Å². The third kappa shape index (κ3) is 3.08. The van der Waals surface area contributed by atoms with E-state index >= 15 is 0 Å². The first-order chi connectivity index (χ1) is 11.8. The molecule has 2 aliphatic heterocycles. The third-order valence-electron chi connectivity index (χ3n) is 4.90. The van der Waals surface area contributed by atoms with Gasteiger partial charge in [0.25, 0.3) is 0 Å². The molecule has 0 radical (unpaired) electrons. The largest absolute Gasteiger partial charge is 0.355 e. The van der Waals surface area contributed by atoms with Crippen molar-refractivity contribution in [2.75, 3.05) is 18.0 Å². The van der Waals surface area contributed by atoms with Crippen LogP contribution in [0.1, 0.15) is 25.1 Å². The summed E-state index contributed by atoms with van der Waals surface area (Å²) < 4.78 is 1.85. The summed E-state index contributed by atoms with van der Waals surface area (Å²) in [6.45, 7) is 2.42. The van der Waals surface area contributed by atoms with Gasteiger partial charge >= 0.3 is 0 Å². The highest BCUT2D eigenvalue weighted by molar-refractivity contribution is 5.79. The summed E-state index contributed by atoms with van der Waals surface area (Å²) in [5.41, 5.74) is 0. The molecule has 1 N–H and O–H groups in total. The van der Waals surface area contributed by atoms with E-state index in [0.29, 0.717) is 6.54 Å². The van der Waals surface area contributed by atoms with Gasteiger partial charge in [-0.2, -0.15) is 10.2 Å². The van der Waals surface area contributed by atoms with E-state index in [-0.39, 0.29) is 17.9 Å². The summed E-state index contributed by atoms with van der Waals surface area (Å²) in [7, 11) is 0. The van der Waals surface area contributed by atoms with E-state index in [1.165, 1.54) is 0 Å². The van der Waals surface area contributed by atoms with Gasteiger partial charge in [-0.3, -0.25) is 4.79 Å². The number of hydrogen-bond acceptors (Lipinski definition) is 6.